The Bertz CT molecular complexity index is 678. The molecule has 20 heavy (non-hydrogen) atoms. The Morgan fingerprint density at radius 2 is 2.00 bits per heavy atom. The first-order valence-electron chi connectivity index (χ1n) is 6.76. The van der Waals surface area contributed by atoms with Gasteiger partial charge in [0.1, 0.15) is 0 Å². The van der Waals surface area contributed by atoms with E-state index in [-0.39, 0.29) is 23.9 Å². The van der Waals surface area contributed by atoms with E-state index in [9.17, 15) is 9.59 Å². The average Bonchev–Trinajstić information content (AvgIpc) is 2.48. The molecule has 1 atom stereocenters. The highest BCUT2D eigenvalue weighted by Crippen LogP contribution is 2.14. The maximum Gasteiger partial charge on any atom is 0.272 e. The summed E-state index contributed by atoms with van der Waals surface area (Å²) in [7, 11) is 1.80. The molecule has 0 fully saturated rings. The summed E-state index contributed by atoms with van der Waals surface area (Å²) in [5, 5.41) is 7.79. The molecule has 1 heterocycles. The lowest BCUT2D eigenvalue weighted by Crippen LogP contribution is -2.36. The number of rotatable bonds is 4. The van der Waals surface area contributed by atoms with Crippen LogP contribution in [0.15, 0.2) is 29.1 Å². The van der Waals surface area contributed by atoms with Gasteiger partial charge in [0.25, 0.3) is 5.56 Å². The van der Waals surface area contributed by atoms with E-state index in [1.165, 1.54) is 0 Å². The number of nitrogens with one attached hydrogen (secondary N) is 1. The fraction of sp³-hybridized carbons (Fsp3) is 0.400. The zero-order chi connectivity index (χ0) is 14.7. The third-order valence-corrected chi connectivity index (χ3v) is 3.74. The number of likely N-dealkylation sites (N-methyl/N-ethyl adjacent to an activating group) is 1. The Kier molecular flexibility index (Phi) is 4.17. The van der Waals surface area contributed by atoms with Crippen molar-refractivity contribution in [1.29, 1.82) is 0 Å². The second-order valence-electron chi connectivity index (χ2n) is 4.98. The maximum absolute atomic E-state index is 12.2. The van der Waals surface area contributed by atoms with Crippen molar-refractivity contribution in [3.63, 3.8) is 0 Å². The summed E-state index contributed by atoms with van der Waals surface area (Å²) in [4.78, 5) is 25.7. The molecule has 0 aliphatic heterocycles. The Labute approximate surface area is 117 Å². The molecule has 5 heteroatoms. The van der Waals surface area contributed by atoms with E-state index in [1.807, 2.05) is 26.0 Å². The summed E-state index contributed by atoms with van der Waals surface area (Å²) in [5.41, 5.74) is 0.382. The lowest BCUT2D eigenvalue weighted by atomic mass is 10.1. The number of aromatic nitrogens is 2. The number of nitrogens with zero attached hydrogens (tertiary/aromatic N) is 2. The number of H-pyrrole nitrogens is 1. The van der Waals surface area contributed by atoms with Crippen LogP contribution in [0.3, 0.4) is 0 Å². The summed E-state index contributed by atoms with van der Waals surface area (Å²) < 4.78 is 0. The number of hydrogen-bond acceptors (Lipinski definition) is 3. The number of benzene rings is 1. The Hall–Kier alpha value is -2.17. The Morgan fingerprint density at radius 1 is 1.35 bits per heavy atom. The van der Waals surface area contributed by atoms with Crippen LogP contribution in [0.25, 0.3) is 10.8 Å². The van der Waals surface area contributed by atoms with Crippen LogP contribution in [0, 0.1) is 0 Å². The topological polar surface area (TPSA) is 66.1 Å². The van der Waals surface area contributed by atoms with Gasteiger partial charge in [0, 0.05) is 18.5 Å². The quantitative estimate of drug-likeness (QED) is 0.922. The molecule has 1 N–H and O–H groups in total. The van der Waals surface area contributed by atoms with Gasteiger partial charge in [-0.05, 0) is 19.4 Å². The number of carbonyl (C=O) groups is 1. The van der Waals surface area contributed by atoms with Crippen LogP contribution >= 0.6 is 0 Å². The Balaban J connectivity index is 2.33. The molecule has 5 nitrogen and oxygen atoms in total. The molecule has 0 aliphatic carbocycles. The molecule has 2 rings (SSSR count). The maximum atomic E-state index is 12.2. The molecule has 1 aromatic heterocycles. The lowest BCUT2D eigenvalue weighted by molar-refractivity contribution is -0.131. The molecular formula is C15H19N3O2. The monoisotopic (exact) mass is 273 g/mol. The van der Waals surface area contributed by atoms with Gasteiger partial charge in [-0.15, -0.1) is 0 Å². The summed E-state index contributed by atoms with van der Waals surface area (Å²) in [6.45, 7) is 4.05. The minimum absolute atomic E-state index is 0.00375. The van der Waals surface area contributed by atoms with Gasteiger partial charge < -0.3 is 4.90 Å². The van der Waals surface area contributed by atoms with Crippen LogP contribution in [-0.2, 0) is 11.2 Å². The van der Waals surface area contributed by atoms with Crippen molar-refractivity contribution < 1.29 is 4.79 Å². The molecule has 0 unspecified atom stereocenters. The van der Waals surface area contributed by atoms with Crippen molar-refractivity contribution in [2.24, 2.45) is 0 Å². The minimum Gasteiger partial charge on any atom is -0.343 e. The van der Waals surface area contributed by atoms with Crippen molar-refractivity contribution in [1.82, 2.24) is 15.1 Å². The highest BCUT2D eigenvalue weighted by molar-refractivity contribution is 5.88. The SMILES string of the molecule is CC[C@H](C)N(C)C(=O)Cc1n[nH]c(=O)c2ccccc12. The molecule has 0 saturated heterocycles. The van der Waals surface area contributed by atoms with Crippen molar-refractivity contribution in [3.8, 4) is 0 Å². The Morgan fingerprint density at radius 3 is 2.65 bits per heavy atom. The number of hydrogen-bond donors (Lipinski definition) is 1. The highest BCUT2D eigenvalue weighted by atomic mass is 16.2. The predicted molar refractivity (Wildman–Crippen MR) is 78.6 cm³/mol. The zero-order valence-corrected chi connectivity index (χ0v) is 12.0. The first-order valence-corrected chi connectivity index (χ1v) is 6.76. The first kappa shape index (κ1) is 14.2. The van der Waals surface area contributed by atoms with E-state index in [0.29, 0.717) is 11.1 Å². The predicted octanol–water partition coefficient (Wildman–Crippen LogP) is 1.72. The van der Waals surface area contributed by atoms with E-state index < -0.39 is 0 Å². The second kappa shape index (κ2) is 5.86. The smallest absolute Gasteiger partial charge is 0.272 e. The van der Waals surface area contributed by atoms with Crippen LogP contribution in [0.5, 0.6) is 0 Å². The number of fused-ring (bicyclic) bond motifs is 1. The van der Waals surface area contributed by atoms with Crippen molar-refractivity contribution in [2.45, 2.75) is 32.7 Å². The lowest BCUT2D eigenvalue weighted by Gasteiger charge is -2.23. The van der Waals surface area contributed by atoms with Crippen LogP contribution in [0.2, 0.25) is 0 Å². The van der Waals surface area contributed by atoms with Gasteiger partial charge in [-0.2, -0.15) is 5.10 Å². The molecule has 0 aliphatic rings. The van der Waals surface area contributed by atoms with E-state index in [4.69, 9.17) is 0 Å². The number of aromatic amines is 1. The average molecular weight is 273 g/mol. The third kappa shape index (κ3) is 2.71. The van der Waals surface area contributed by atoms with Gasteiger partial charge in [0.15, 0.2) is 0 Å². The molecule has 0 bridgehead atoms. The molecule has 2 aromatic rings. The largest absolute Gasteiger partial charge is 0.343 e. The standard InChI is InChI=1S/C15H19N3O2/c1-4-10(2)18(3)14(19)9-13-11-7-5-6-8-12(11)15(20)17-16-13/h5-8,10H,4,9H2,1-3H3,(H,17,20)/t10-/m0/s1. The van der Waals surface area contributed by atoms with Crippen LogP contribution in [0.1, 0.15) is 26.0 Å². The minimum atomic E-state index is -0.230. The summed E-state index contributed by atoms with van der Waals surface area (Å²) in [6, 6.07) is 7.40. The van der Waals surface area contributed by atoms with Crippen LogP contribution < -0.4 is 5.56 Å². The molecule has 0 radical (unpaired) electrons. The number of amides is 1. The van der Waals surface area contributed by atoms with Gasteiger partial charge in [-0.1, -0.05) is 25.1 Å². The van der Waals surface area contributed by atoms with Crippen molar-refractivity contribution >= 4 is 16.7 Å². The van der Waals surface area contributed by atoms with Gasteiger partial charge in [0.2, 0.25) is 5.91 Å². The van der Waals surface area contributed by atoms with Gasteiger partial charge in [-0.25, -0.2) is 5.10 Å². The first-order chi connectivity index (χ1) is 9.54. The molecule has 1 aromatic carbocycles. The normalized spacial score (nSPS) is 12.3. The third-order valence-electron chi connectivity index (χ3n) is 3.74. The van der Waals surface area contributed by atoms with Crippen molar-refractivity contribution in [3.05, 3.63) is 40.3 Å². The molecular weight excluding hydrogens is 254 g/mol. The van der Waals surface area contributed by atoms with Gasteiger partial charge in [0.05, 0.1) is 17.5 Å². The van der Waals surface area contributed by atoms with E-state index >= 15 is 0 Å². The summed E-state index contributed by atoms with van der Waals surface area (Å²) >= 11 is 0. The van der Waals surface area contributed by atoms with E-state index in [0.717, 1.165) is 11.8 Å². The molecule has 1 amide bonds. The van der Waals surface area contributed by atoms with Gasteiger partial charge in [-0.3, -0.25) is 9.59 Å². The second-order valence-corrected chi connectivity index (χ2v) is 4.98. The zero-order valence-electron chi connectivity index (χ0n) is 12.0. The fourth-order valence-electron chi connectivity index (χ4n) is 2.09. The highest BCUT2D eigenvalue weighted by Gasteiger charge is 2.17. The molecule has 0 spiro atoms. The molecule has 0 saturated carbocycles. The number of carbonyl (C=O) groups excluding carboxylic acids is 1. The summed E-state index contributed by atoms with van der Waals surface area (Å²) in [5.74, 6) is 0.00375. The van der Waals surface area contributed by atoms with Crippen LogP contribution in [0.4, 0.5) is 0 Å². The van der Waals surface area contributed by atoms with E-state index in [1.54, 1.807) is 24.1 Å². The van der Waals surface area contributed by atoms with Gasteiger partial charge >= 0.3 is 0 Å². The summed E-state index contributed by atoms with van der Waals surface area (Å²) in [6.07, 6.45) is 1.10. The van der Waals surface area contributed by atoms with Crippen molar-refractivity contribution in [2.75, 3.05) is 7.05 Å². The van der Waals surface area contributed by atoms with E-state index in [2.05, 4.69) is 10.2 Å². The fourth-order valence-corrected chi connectivity index (χ4v) is 2.09. The van der Waals surface area contributed by atoms with Crippen LogP contribution in [-0.4, -0.2) is 34.1 Å². The molecule has 106 valence electrons.